The number of benzene rings is 2. The predicted molar refractivity (Wildman–Crippen MR) is 77.8 cm³/mol. The third-order valence-electron chi connectivity index (χ3n) is 3.31. The molecule has 0 aliphatic heterocycles. The van der Waals surface area contributed by atoms with E-state index < -0.39 is 0 Å². The first-order valence-electron chi connectivity index (χ1n) is 6.25. The second-order valence-corrected chi connectivity index (χ2v) is 4.53. The number of aryl methyl sites for hydroxylation is 1. The van der Waals surface area contributed by atoms with Gasteiger partial charge in [0.2, 0.25) is 0 Å². The number of methoxy groups -OCH3 is 1. The highest BCUT2D eigenvalue weighted by Gasteiger charge is 2.10. The number of azo groups is 1. The fraction of sp³-hybridized carbons (Fsp3) is 0.250. The van der Waals surface area contributed by atoms with Gasteiger partial charge in [-0.3, -0.25) is 0 Å². The van der Waals surface area contributed by atoms with Crippen LogP contribution in [0.25, 0.3) is 0 Å². The van der Waals surface area contributed by atoms with Crippen LogP contribution in [0.2, 0.25) is 0 Å². The average Bonchev–Trinajstić information content (AvgIpc) is 2.44. The Balaban J connectivity index is 2.43. The van der Waals surface area contributed by atoms with Gasteiger partial charge < -0.3 is 4.74 Å². The van der Waals surface area contributed by atoms with Gasteiger partial charge in [0.15, 0.2) is 0 Å². The molecular formula is C16H18N2O. The van der Waals surface area contributed by atoms with Crippen molar-refractivity contribution in [2.24, 2.45) is 10.2 Å². The van der Waals surface area contributed by atoms with Crippen LogP contribution in [0.4, 0.5) is 11.4 Å². The molecule has 3 heteroatoms. The van der Waals surface area contributed by atoms with Gasteiger partial charge in [0.05, 0.1) is 12.8 Å². The summed E-state index contributed by atoms with van der Waals surface area (Å²) in [5, 5.41) is 8.55. The lowest BCUT2D eigenvalue weighted by molar-refractivity contribution is 0.412. The van der Waals surface area contributed by atoms with Crippen LogP contribution in [0.1, 0.15) is 16.7 Å². The van der Waals surface area contributed by atoms with Gasteiger partial charge in [0.25, 0.3) is 0 Å². The molecule has 2 aromatic rings. The Labute approximate surface area is 114 Å². The number of rotatable bonds is 3. The summed E-state index contributed by atoms with van der Waals surface area (Å²) in [6, 6.07) is 11.7. The summed E-state index contributed by atoms with van der Waals surface area (Å²) >= 11 is 0. The maximum Gasteiger partial charge on any atom is 0.149 e. The van der Waals surface area contributed by atoms with Gasteiger partial charge in [-0.15, -0.1) is 5.11 Å². The molecule has 0 atom stereocenters. The van der Waals surface area contributed by atoms with Crippen molar-refractivity contribution in [1.29, 1.82) is 0 Å². The van der Waals surface area contributed by atoms with Crippen molar-refractivity contribution < 1.29 is 4.74 Å². The van der Waals surface area contributed by atoms with Crippen molar-refractivity contribution >= 4 is 11.4 Å². The summed E-state index contributed by atoms with van der Waals surface area (Å²) < 4.78 is 5.45. The standard InChI is InChI=1S/C16H18N2O/c1-11-10-15(16(19-4)13(3)12(11)2)18-17-14-8-6-5-7-9-14/h5-10H,1-4H3. The Kier molecular flexibility index (Phi) is 3.95. The van der Waals surface area contributed by atoms with E-state index in [-0.39, 0.29) is 0 Å². The average molecular weight is 254 g/mol. The van der Waals surface area contributed by atoms with Gasteiger partial charge >= 0.3 is 0 Å². The molecule has 98 valence electrons. The SMILES string of the molecule is COc1c(N=Nc2ccccc2)cc(C)c(C)c1C. The van der Waals surface area contributed by atoms with E-state index in [2.05, 4.69) is 24.1 Å². The van der Waals surface area contributed by atoms with E-state index in [4.69, 9.17) is 4.74 Å². The van der Waals surface area contributed by atoms with E-state index in [1.165, 1.54) is 11.1 Å². The highest BCUT2D eigenvalue weighted by Crippen LogP contribution is 2.35. The summed E-state index contributed by atoms with van der Waals surface area (Å²) in [5.41, 5.74) is 5.15. The normalized spacial score (nSPS) is 10.9. The quantitative estimate of drug-likeness (QED) is 0.707. The molecule has 0 heterocycles. The minimum Gasteiger partial charge on any atom is -0.494 e. The minimum atomic E-state index is 0.770. The van der Waals surface area contributed by atoms with E-state index >= 15 is 0 Å². The van der Waals surface area contributed by atoms with Gasteiger partial charge in [-0.05, 0) is 55.7 Å². The van der Waals surface area contributed by atoms with Crippen LogP contribution in [-0.4, -0.2) is 7.11 Å². The smallest absolute Gasteiger partial charge is 0.149 e. The molecule has 0 amide bonds. The highest BCUT2D eigenvalue weighted by atomic mass is 16.5. The first-order chi connectivity index (χ1) is 9.13. The Morgan fingerprint density at radius 2 is 1.58 bits per heavy atom. The van der Waals surface area contributed by atoms with Crippen molar-refractivity contribution in [2.75, 3.05) is 7.11 Å². The van der Waals surface area contributed by atoms with Crippen LogP contribution in [-0.2, 0) is 0 Å². The number of ether oxygens (including phenoxy) is 1. The molecule has 0 spiro atoms. The summed E-state index contributed by atoms with van der Waals surface area (Å²) in [5.74, 6) is 0.794. The van der Waals surface area contributed by atoms with Crippen molar-refractivity contribution in [1.82, 2.24) is 0 Å². The summed E-state index contributed by atoms with van der Waals surface area (Å²) in [7, 11) is 1.67. The second-order valence-electron chi connectivity index (χ2n) is 4.53. The van der Waals surface area contributed by atoms with Gasteiger partial charge in [0, 0.05) is 0 Å². The van der Waals surface area contributed by atoms with Crippen LogP contribution in [0, 0.1) is 20.8 Å². The van der Waals surface area contributed by atoms with Crippen LogP contribution in [0.15, 0.2) is 46.6 Å². The lowest BCUT2D eigenvalue weighted by atomic mass is 10.0. The molecule has 0 saturated carbocycles. The molecule has 0 bridgehead atoms. The number of nitrogens with zero attached hydrogens (tertiary/aromatic N) is 2. The summed E-state index contributed by atoms with van der Waals surface area (Å²) in [6.07, 6.45) is 0. The molecule has 0 aliphatic rings. The van der Waals surface area contributed by atoms with Crippen molar-refractivity contribution in [3.8, 4) is 5.75 Å². The van der Waals surface area contributed by atoms with Crippen molar-refractivity contribution in [2.45, 2.75) is 20.8 Å². The molecule has 0 N–H and O–H groups in total. The Morgan fingerprint density at radius 3 is 2.21 bits per heavy atom. The maximum absolute atomic E-state index is 5.45. The van der Waals surface area contributed by atoms with Crippen LogP contribution >= 0.6 is 0 Å². The van der Waals surface area contributed by atoms with E-state index in [0.29, 0.717) is 0 Å². The van der Waals surface area contributed by atoms with Gasteiger partial charge in [-0.2, -0.15) is 5.11 Å². The Hall–Kier alpha value is -2.16. The van der Waals surface area contributed by atoms with Crippen LogP contribution in [0.5, 0.6) is 5.75 Å². The molecule has 19 heavy (non-hydrogen) atoms. The fourth-order valence-electron chi connectivity index (χ4n) is 1.98. The van der Waals surface area contributed by atoms with Crippen LogP contribution in [0.3, 0.4) is 0 Å². The highest BCUT2D eigenvalue weighted by molar-refractivity contribution is 5.60. The molecule has 0 aliphatic carbocycles. The van der Waals surface area contributed by atoms with Crippen molar-refractivity contribution in [3.05, 3.63) is 53.1 Å². The van der Waals surface area contributed by atoms with E-state index in [9.17, 15) is 0 Å². The zero-order valence-corrected chi connectivity index (χ0v) is 11.8. The predicted octanol–water partition coefficient (Wildman–Crippen LogP) is 5.04. The van der Waals surface area contributed by atoms with Crippen LogP contribution < -0.4 is 4.74 Å². The lowest BCUT2D eigenvalue weighted by Crippen LogP contribution is -1.93. The molecule has 0 aromatic heterocycles. The first-order valence-corrected chi connectivity index (χ1v) is 6.25. The monoisotopic (exact) mass is 254 g/mol. The maximum atomic E-state index is 5.45. The van der Waals surface area contributed by atoms with Gasteiger partial charge in [-0.1, -0.05) is 18.2 Å². The largest absolute Gasteiger partial charge is 0.494 e. The van der Waals surface area contributed by atoms with E-state index in [1.54, 1.807) is 7.11 Å². The summed E-state index contributed by atoms with van der Waals surface area (Å²) in [4.78, 5) is 0. The Morgan fingerprint density at radius 1 is 0.895 bits per heavy atom. The molecule has 0 fully saturated rings. The topological polar surface area (TPSA) is 34.0 Å². The first kappa shape index (κ1) is 13.3. The van der Waals surface area contributed by atoms with Gasteiger partial charge in [-0.25, -0.2) is 0 Å². The van der Waals surface area contributed by atoms with E-state index in [1.807, 2.05) is 43.3 Å². The molecule has 0 radical (unpaired) electrons. The van der Waals surface area contributed by atoms with E-state index in [0.717, 1.165) is 22.7 Å². The van der Waals surface area contributed by atoms with Gasteiger partial charge in [0.1, 0.15) is 11.4 Å². The lowest BCUT2D eigenvalue weighted by Gasteiger charge is -2.12. The molecule has 2 rings (SSSR count). The molecule has 2 aromatic carbocycles. The molecule has 0 saturated heterocycles. The Bertz CT molecular complexity index is 604. The zero-order valence-electron chi connectivity index (χ0n) is 11.8. The number of hydrogen-bond donors (Lipinski definition) is 0. The summed E-state index contributed by atoms with van der Waals surface area (Å²) in [6.45, 7) is 6.21. The third-order valence-corrected chi connectivity index (χ3v) is 3.31. The number of hydrogen-bond acceptors (Lipinski definition) is 3. The molecular weight excluding hydrogens is 236 g/mol. The fourth-order valence-corrected chi connectivity index (χ4v) is 1.98. The zero-order chi connectivity index (χ0) is 13.8. The minimum absolute atomic E-state index is 0.770. The molecule has 0 unspecified atom stereocenters. The third kappa shape index (κ3) is 2.81. The second kappa shape index (κ2) is 5.65. The molecule has 3 nitrogen and oxygen atoms in total. The van der Waals surface area contributed by atoms with Crippen molar-refractivity contribution in [3.63, 3.8) is 0 Å².